The third-order valence-corrected chi connectivity index (χ3v) is 6.13. The Hall–Kier alpha value is -2.64. The van der Waals surface area contributed by atoms with E-state index < -0.39 is 10.6 Å². The molecule has 0 bridgehead atoms. The minimum atomic E-state index is -0.730. The summed E-state index contributed by atoms with van der Waals surface area (Å²) >= 11 is 11.6. The van der Waals surface area contributed by atoms with Gasteiger partial charge in [-0.05, 0) is 37.8 Å². The number of aliphatic imine (C=N–C) groups is 1. The van der Waals surface area contributed by atoms with Crippen LogP contribution in [0.25, 0.3) is 0 Å². The predicted octanol–water partition coefficient (Wildman–Crippen LogP) is 5.18. The topological polar surface area (TPSA) is 75.8 Å². The van der Waals surface area contributed by atoms with Crippen molar-refractivity contribution in [1.29, 1.82) is 0 Å². The van der Waals surface area contributed by atoms with Crippen LogP contribution < -0.4 is 0 Å². The number of rotatable bonds is 3. The van der Waals surface area contributed by atoms with Gasteiger partial charge in [-0.3, -0.25) is 24.8 Å². The number of carbonyl (C=O) groups is 1. The highest BCUT2D eigenvalue weighted by molar-refractivity contribution is 7.82. The Bertz CT molecular complexity index is 1030. The normalized spacial score (nSPS) is 18.0. The molecule has 1 amide bonds. The standard InChI is InChI=1S/C21H18ClN3O3S/c22-16-10-9-15(13-17(16)25(27)28)19(26)24-20(29)18(14-7-3-1-4-8-14)23-21(24)11-5-2-6-12-21/h1,3-4,7-10,13H,2,5-6,11-12H2. The highest BCUT2D eigenvalue weighted by Crippen LogP contribution is 2.41. The maximum absolute atomic E-state index is 13.5. The van der Waals surface area contributed by atoms with Gasteiger partial charge in [0.05, 0.1) is 4.92 Å². The van der Waals surface area contributed by atoms with Crippen molar-refractivity contribution < 1.29 is 9.72 Å². The molecular formula is C21H18ClN3O3S. The van der Waals surface area contributed by atoms with Gasteiger partial charge in [-0.1, -0.05) is 60.6 Å². The third kappa shape index (κ3) is 3.45. The van der Waals surface area contributed by atoms with Gasteiger partial charge in [0.2, 0.25) is 0 Å². The van der Waals surface area contributed by atoms with Crippen molar-refractivity contribution in [1.82, 2.24) is 4.90 Å². The van der Waals surface area contributed by atoms with Crippen LogP contribution in [-0.2, 0) is 0 Å². The molecule has 0 unspecified atom stereocenters. The molecule has 0 N–H and O–H groups in total. The zero-order chi connectivity index (χ0) is 20.6. The van der Waals surface area contributed by atoms with Crippen LogP contribution in [0.2, 0.25) is 5.02 Å². The first kappa shape index (κ1) is 19.7. The molecule has 2 aromatic carbocycles. The van der Waals surface area contributed by atoms with Gasteiger partial charge in [0, 0.05) is 17.2 Å². The molecule has 1 spiro atoms. The molecule has 0 aromatic heterocycles. The molecule has 8 heteroatoms. The zero-order valence-corrected chi connectivity index (χ0v) is 17.1. The summed E-state index contributed by atoms with van der Waals surface area (Å²) in [6.07, 6.45) is 4.40. The number of thiocarbonyl (C=S) groups is 1. The summed E-state index contributed by atoms with van der Waals surface area (Å²) in [4.78, 5) is 31.0. The highest BCUT2D eigenvalue weighted by Gasteiger charge is 2.49. The fourth-order valence-corrected chi connectivity index (χ4v) is 4.64. The lowest BCUT2D eigenvalue weighted by Gasteiger charge is -2.38. The molecule has 6 nitrogen and oxygen atoms in total. The number of nitro benzene ring substituents is 1. The second-order valence-electron chi connectivity index (χ2n) is 7.24. The second-order valence-corrected chi connectivity index (χ2v) is 8.03. The number of hydrogen-bond acceptors (Lipinski definition) is 5. The summed E-state index contributed by atoms with van der Waals surface area (Å²) < 4.78 is 0. The summed E-state index contributed by atoms with van der Waals surface area (Å²) in [5.41, 5.74) is 0.632. The highest BCUT2D eigenvalue weighted by atomic mass is 35.5. The second kappa shape index (κ2) is 7.65. The van der Waals surface area contributed by atoms with E-state index in [0.29, 0.717) is 23.5 Å². The van der Waals surface area contributed by atoms with Gasteiger partial charge < -0.3 is 0 Å². The molecule has 0 atom stereocenters. The number of hydrogen-bond donors (Lipinski definition) is 0. The first-order valence-electron chi connectivity index (χ1n) is 9.41. The molecule has 2 aromatic rings. The fraction of sp³-hybridized carbons (Fsp3) is 0.286. The quantitative estimate of drug-likeness (QED) is 0.384. The molecule has 1 aliphatic carbocycles. The van der Waals surface area contributed by atoms with Gasteiger partial charge in [0.1, 0.15) is 21.4 Å². The van der Waals surface area contributed by atoms with Crippen molar-refractivity contribution in [3.8, 4) is 0 Å². The van der Waals surface area contributed by atoms with Crippen molar-refractivity contribution in [3.63, 3.8) is 0 Å². The van der Waals surface area contributed by atoms with Crippen LogP contribution in [0.5, 0.6) is 0 Å². The van der Waals surface area contributed by atoms with Gasteiger partial charge in [0.25, 0.3) is 11.6 Å². The average Bonchev–Trinajstić information content (AvgIpc) is 3.00. The molecule has 1 fully saturated rings. The van der Waals surface area contributed by atoms with E-state index in [4.69, 9.17) is 28.8 Å². The minimum absolute atomic E-state index is 0.0100. The summed E-state index contributed by atoms with van der Waals surface area (Å²) in [5, 5.41) is 11.3. The van der Waals surface area contributed by atoms with E-state index in [2.05, 4.69) is 0 Å². The molecule has 4 rings (SSSR count). The lowest BCUT2D eigenvalue weighted by atomic mass is 9.88. The van der Waals surface area contributed by atoms with Crippen molar-refractivity contribution >= 4 is 46.1 Å². The number of halogens is 1. The molecule has 0 radical (unpaired) electrons. The summed E-state index contributed by atoms with van der Waals surface area (Å²) in [6.45, 7) is 0. The molecule has 1 saturated carbocycles. The molecule has 1 heterocycles. The maximum atomic E-state index is 13.5. The van der Waals surface area contributed by atoms with Gasteiger partial charge in [-0.2, -0.15) is 0 Å². The Morgan fingerprint density at radius 3 is 2.48 bits per heavy atom. The number of benzene rings is 2. The van der Waals surface area contributed by atoms with Crippen LogP contribution in [0.1, 0.15) is 48.0 Å². The van der Waals surface area contributed by atoms with Crippen molar-refractivity contribution in [2.45, 2.75) is 37.8 Å². The van der Waals surface area contributed by atoms with Crippen LogP contribution in [-0.4, -0.2) is 32.1 Å². The van der Waals surface area contributed by atoms with E-state index in [-0.39, 0.29) is 22.2 Å². The Morgan fingerprint density at radius 1 is 1.14 bits per heavy atom. The van der Waals surface area contributed by atoms with Gasteiger partial charge in [-0.25, -0.2) is 0 Å². The van der Waals surface area contributed by atoms with Crippen molar-refractivity contribution in [2.75, 3.05) is 0 Å². The predicted molar refractivity (Wildman–Crippen MR) is 116 cm³/mol. The van der Waals surface area contributed by atoms with Crippen molar-refractivity contribution in [2.24, 2.45) is 4.99 Å². The first-order chi connectivity index (χ1) is 13.9. The van der Waals surface area contributed by atoms with Crippen molar-refractivity contribution in [3.05, 3.63) is 74.8 Å². The van der Waals surface area contributed by atoms with Crippen LogP contribution in [0, 0.1) is 10.1 Å². The maximum Gasteiger partial charge on any atom is 0.288 e. The number of carbonyl (C=O) groups excluding carboxylic acids is 1. The van der Waals surface area contributed by atoms with Crippen LogP contribution >= 0.6 is 23.8 Å². The van der Waals surface area contributed by atoms with E-state index in [0.717, 1.165) is 24.8 Å². The minimum Gasteiger partial charge on any atom is -0.271 e. The third-order valence-electron chi connectivity index (χ3n) is 5.44. The van der Waals surface area contributed by atoms with Gasteiger partial charge in [0.15, 0.2) is 0 Å². The van der Waals surface area contributed by atoms with Crippen LogP contribution in [0.15, 0.2) is 53.5 Å². The number of nitro groups is 1. The summed E-state index contributed by atoms with van der Waals surface area (Å²) in [7, 11) is 0. The SMILES string of the molecule is O=C(c1ccc(Cl)c([N+](=O)[O-])c1)N1C(=S)C(c2ccccc2)=NC12CCCCC2. The smallest absolute Gasteiger partial charge is 0.271 e. The summed E-state index contributed by atoms with van der Waals surface area (Å²) in [5.74, 6) is -0.383. The fourth-order valence-electron chi connectivity index (χ4n) is 4.03. The Morgan fingerprint density at radius 2 is 1.83 bits per heavy atom. The lowest BCUT2D eigenvalue weighted by Crippen LogP contribution is -2.50. The molecular weight excluding hydrogens is 410 g/mol. The number of amides is 1. The molecule has 2 aliphatic rings. The van der Waals surface area contributed by atoms with Gasteiger partial charge in [-0.15, -0.1) is 0 Å². The van der Waals surface area contributed by atoms with E-state index >= 15 is 0 Å². The average molecular weight is 428 g/mol. The largest absolute Gasteiger partial charge is 0.288 e. The van der Waals surface area contributed by atoms with E-state index in [1.165, 1.54) is 18.2 Å². The Kier molecular flexibility index (Phi) is 5.19. The first-order valence-corrected chi connectivity index (χ1v) is 10.2. The Balaban J connectivity index is 1.78. The molecule has 1 aliphatic heterocycles. The Labute approximate surface area is 178 Å². The van der Waals surface area contributed by atoms with Crippen LogP contribution in [0.3, 0.4) is 0 Å². The van der Waals surface area contributed by atoms with E-state index in [1.807, 2.05) is 30.3 Å². The van der Waals surface area contributed by atoms with E-state index in [1.54, 1.807) is 4.90 Å². The summed E-state index contributed by atoms with van der Waals surface area (Å²) in [6, 6.07) is 13.6. The van der Waals surface area contributed by atoms with Gasteiger partial charge >= 0.3 is 0 Å². The number of nitrogens with zero attached hydrogens (tertiary/aromatic N) is 3. The molecule has 148 valence electrons. The lowest BCUT2D eigenvalue weighted by molar-refractivity contribution is -0.384. The monoisotopic (exact) mass is 427 g/mol. The van der Waals surface area contributed by atoms with Crippen LogP contribution in [0.4, 0.5) is 5.69 Å². The molecule has 29 heavy (non-hydrogen) atoms. The molecule has 0 saturated heterocycles. The zero-order valence-electron chi connectivity index (χ0n) is 15.5. The van der Waals surface area contributed by atoms with E-state index in [9.17, 15) is 14.9 Å².